The summed E-state index contributed by atoms with van der Waals surface area (Å²) in [6, 6.07) is 4.09. The van der Waals surface area contributed by atoms with Gasteiger partial charge in [-0.3, -0.25) is 4.90 Å². The van der Waals surface area contributed by atoms with Gasteiger partial charge in [0.15, 0.2) is 0 Å². The van der Waals surface area contributed by atoms with E-state index in [0.29, 0.717) is 29.7 Å². The van der Waals surface area contributed by atoms with Crippen molar-refractivity contribution < 1.29 is 8.78 Å². The highest BCUT2D eigenvalue weighted by atomic mass is 32.1. The summed E-state index contributed by atoms with van der Waals surface area (Å²) in [5.74, 6) is -1.06. The Balaban J connectivity index is 2.12. The van der Waals surface area contributed by atoms with Crippen LogP contribution in [0.15, 0.2) is 18.2 Å². The van der Waals surface area contributed by atoms with E-state index in [9.17, 15) is 8.78 Å². The van der Waals surface area contributed by atoms with E-state index in [2.05, 4.69) is 4.90 Å². The largest absolute Gasteiger partial charge is 0.392 e. The van der Waals surface area contributed by atoms with Gasteiger partial charge in [0, 0.05) is 30.8 Å². The molecule has 5 heteroatoms. The minimum atomic E-state index is -0.553. The fourth-order valence-corrected chi connectivity index (χ4v) is 2.82. The molecule has 1 aromatic carbocycles. The SMILES string of the molecule is NC(=S)CN(Cc1ccc(F)cc1F)C1CCCC1. The third-order valence-electron chi connectivity index (χ3n) is 3.59. The number of hydrogen-bond donors (Lipinski definition) is 1. The molecule has 0 aromatic heterocycles. The van der Waals surface area contributed by atoms with Crippen LogP contribution in [-0.4, -0.2) is 22.5 Å². The fourth-order valence-electron chi connectivity index (χ4n) is 2.65. The molecule has 19 heavy (non-hydrogen) atoms. The fraction of sp³-hybridized carbons (Fsp3) is 0.500. The molecule has 0 aliphatic heterocycles. The average molecular weight is 284 g/mol. The highest BCUT2D eigenvalue weighted by Gasteiger charge is 2.23. The molecule has 0 heterocycles. The summed E-state index contributed by atoms with van der Waals surface area (Å²) in [6.45, 7) is 0.908. The molecule has 1 fully saturated rings. The van der Waals surface area contributed by atoms with Crippen molar-refractivity contribution in [2.24, 2.45) is 5.73 Å². The van der Waals surface area contributed by atoms with Gasteiger partial charge in [0.05, 0.1) is 4.99 Å². The molecule has 1 aliphatic carbocycles. The van der Waals surface area contributed by atoms with E-state index in [0.717, 1.165) is 18.9 Å². The van der Waals surface area contributed by atoms with Crippen molar-refractivity contribution in [2.75, 3.05) is 6.54 Å². The Kier molecular flexibility index (Phi) is 4.82. The third kappa shape index (κ3) is 3.94. The quantitative estimate of drug-likeness (QED) is 0.843. The van der Waals surface area contributed by atoms with Crippen LogP contribution in [0.1, 0.15) is 31.2 Å². The van der Waals surface area contributed by atoms with Gasteiger partial charge in [-0.25, -0.2) is 8.78 Å². The molecule has 104 valence electrons. The smallest absolute Gasteiger partial charge is 0.130 e. The standard InChI is InChI=1S/C14H18F2N2S/c15-11-6-5-10(13(16)7-11)8-18(9-14(17)19)12-3-1-2-4-12/h5-7,12H,1-4,8-9H2,(H2,17,19). The molecule has 1 saturated carbocycles. The lowest BCUT2D eigenvalue weighted by molar-refractivity contribution is 0.216. The zero-order valence-electron chi connectivity index (χ0n) is 10.7. The van der Waals surface area contributed by atoms with Crippen LogP contribution in [0, 0.1) is 11.6 Å². The van der Waals surface area contributed by atoms with Gasteiger partial charge in [0.1, 0.15) is 11.6 Å². The molecule has 0 unspecified atom stereocenters. The van der Waals surface area contributed by atoms with Crippen molar-refractivity contribution >= 4 is 17.2 Å². The normalized spacial score (nSPS) is 16.2. The number of nitrogens with zero attached hydrogens (tertiary/aromatic N) is 1. The predicted molar refractivity (Wildman–Crippen MR) is 75.8 cm³/mol. The van der Waals surface area contributed by atoms with Crippen LogP contribution in [0.25, 0.3) is 0 Å². The van der Waals surface area contributed by atoms with Gasteiger partial charge in [-0.1, -0.05) is 31.1 Å². The molecule has 0 bridgehead atoms. The van der Waals surface area contributed by atoms with Crippen molar-refractivity contribution in [3.8, 4) is 0 Å². The van der Waals surface area contributed by atoms with Gasteiger partial charge in [0.2, 0.25) is 0 Å². The van der Waals surface area contributed by atoms with Crippen molar-refractivity contribution in [3.63, 3.8) is 0 Å². The number of nitrogens with two attached hydrogens (primary N) is 1. The van der Waals surface area contributed by atoms with Gasteiger partial charge in [-0.05, 0) is 18.9 Å². The molecular weight excluding hydrogens is 266 g/mol. The van der Waals surface area contributed by atoms with E-state index in [1.165, 1.54) is 25.0 Å². The Labute approximate surface area is 117 Å². The maximum absolute atomic E-state index is 13.7. The van der Waals surface area contributed by atoms with Crippen molar-refractivity contribution in [2.45, 2.75) is 38.3 Å². The molecule has 2 nitrogen and oxygen atoms in total. The molecule has 0 amide bonds. The second kappa shape index (κ2) is 6.39. The van der Waals surface area contributed by atoms with Crippen LogP contribution < -0.4 is 5.73 Å². The molecule has 2 rings (SSSR count). The molecule has 0 radical (unpaired) electrons. The number of hydrogen-bond acceptors (Lipinski definition) is 2. The van der Waals surface area contributed by atoms with Gasteiger partial charge in [0.25, 0.3) is 0 Å². The van der Waals surface area contributed by atoms with Crippen molar-refractivity contribution in [3.05, 3.63) is 35.4 Å². The summed E-state index contributed by atoms with van der Waals surface area (Å²) in [5, 5.41) is 0. The first-order valence-electron chi connectivity index (χ1n) is 6.52. The maximum Gasteiger partial charge on any atom is 0.130 e. The van der Waals surface area contributed by atoms with Crippen LogP contribution in [0.3, 0.4) is 0 Å². The van der Waals surface area contributed by atoms with Crippen LogP contribution in [-0.2, 0) is 6.54 Å². The first-order chi connectivity index (χ1) is 9.06. The topological polar surface area (TPSA) is 29.3 Å². The average Bonchev–Trinajstić information content (AvgIpc) is 2.84. The Morgan fingerprint density at radius 3 is 2.58 bits per heavy atom. The number of rotatable bonds is 5. The van der Waals surface area contributed by atoms with E-state index < -0.39 is 11.6 Å². The second-order valence-electron chi connectivity index (χ2n) is 5.05. The van der Waals surface area contributed by atoms with Crippen LogP contribution in [0.4, 0.5) is 8.78 Å². The number of benzene rings is 1. The van der Waals surface area contributed by atoms with E-state index in [4.69, 9.17) is 18.0 Å². The lowest BCUT2D eigenvalue weighted by Gasteiger charge is -2.28. The Hall–Kier alpha value is -1.07. The van der Waals surface area contributed by atoms with Gasteiger partial charge >= 0.3 is 0 Å². The van der Waals surface area contributed by atoms with Gasteiger partial charge in [-0.15, -0.1) is 0 Å². The van der Waals surface area contributed by atoms with Gasteiger partial charge < -0.3 is 5.73 Å². The third-order valence-corrected chi connectivity index (χ3v) is 3.72. The summed E-state index contributed by atoms with van der Waals surface area (Å²) in [4.78, 5) is 2.51. The minimum absolute atomic E-state index is 0.394. The molecule has 0 spiro atoms. The zero-order valence-corrected chi connectivity index (χ0v) is 11.6. The number of halogens is 2. The van der Waals surface area contributed by atoms with E-state index >= 15 is 0 Å². The molecule has 0 atom stereocenters. The minimum Gasteiger partial charge on any atom is -0.392 e. The van der Waals surface area contributed by atoms with E-state index in [1.54, 1.807) is 0 Å². The van der Waals surface area contributed by atoms with Crippen LogP contribution in [0.5, 0.6) is 0 Å². The molecular formula is C14H18F2N2S. The second-order valence-corrected chi connectivity index (χ2v) is 5.57. The molecule has 1 aliphatic rings. The highest BCUT2D eigenvalue weighted by Crippen LogP contribution is 2.25. The van der Waals surface area contributed by atoms with Crippen molar-refractivity contribution in [1.82, 2.24) is 4.90 Å². The summed E-state index contributed by atoms with van der Waals surface area (Å²) >= 11 is 4.96. The monoisotopic (exact) mass is 284 g/mol. The lowest BCUT2D eigenvalue weighted by Crippen LogP contribution is -2.39. The van der Waals surface area contributed by atoms with Crippen molar-refractivity contribution in [1.29, 1.82) is 0 Å². The zero-order chi connectivity index (χ0) is 13.8. The first-order valence-corrected chi connectivity index (χ1v) is 6.93. The number of thiocarbonyl (C=S) groups is 1. The molecule has 2 N–H and O–H groups in total. The van der Waals surface area contributed by atoms with E-state index in [-0.39, 0.29) is 0 Å². The summed E-state index contributed by atoms with van der Waals surface area (Å²) in [5.41, 5.74) is 6.10. The molecule has 0 saturated heterocycles. The molecule has 1 aromatic rings. The Morgan fingerprint density at radius 1 is 1.32 bits per heavy atom. The highest BCUT2D eigenvalue weighted by molar-refractivity contribution is 7.80. The summed E-state index contributed by atoms with van der Waals surface area (Å²) in [6.07, 6.45) is 4.55. The van der Waals surface area contributed by atoms with Crippen LogP contribution in [0.2, 0.25) is 0 Å². The predicted octanol–water partition coefficient (Wildman–Crippen LogP) is 3.00. The Bertz CT molecular complexity index is 459. The van der Waals surface area contributed by atoms with Gasteiger partial charge in [-0.2, -0.15) is 0 Å². The summed E-state index contributed by atoms with van der Waals surface area (Å²) < 4.78 is 26.6. The van der Waals surface area contributed by atoms with E-state index in [1.807, 2.05) is 0 Å². The Morgan fingerprint density at radius 2 is 2.00 bits per heavy atom. The lowest BCUT2D eigenvalue weighted by atomic mass is 10.1. The first kappa shape index (κ1) is 14.3. The summed E-state index contributed by atoms with van der Waals surface area (Å²) in [7, 11) is 0. The maximum atomic E-state index is 13.7. The van der Waals surface area contributed by atoms with Crippen LogP contribution >= 0.6 is 12.2 Å².